The van der Waals surface area contributed by atoms with Gasteiger partial charge >= 0.3 is 6.03 Å². The summed E-state index contributed by atoms with van der Waals surface area (Å²) in [6.07, 6.45) is 1.59. The van der Waals surface area contributed by atoms with E-state index in [9.17, 15) is 14.0 Å². The van der Waals surface area contributed by atoms with Crippen LogP contribution < -0.4 is 4.90 Å². The van der Waals surface area contributed by atoms with Crippen molar-refractivity contribution in [3.8, 4) is 0 Å². The Morgan fingerprint density at radius 1 is 1.37 bits per heavy atom. The van der Waals surface area contributed by atoms with Crippen LogP contribution in [0, 0.1) is 11.7 Å². The number of imide groups is 1. The number of aromatic nitrogens is 1. The first-order valence-electron chi connectivity index (χ1n) is 6.14. The molecule has 1 fully saturated rings. The standard InChI is InChI=1S/C13H16FN3O2/c1-8(2)6-10-12(18)17(13(19)16(10)3)11-5-4-9(14)7-15-11/h4-5,7-8,10H,6H2,1-3H3/t10-/m0/s1. The summed E-state index contributed by atoms with van der Waals surface area (Å²) in [6, 6.07) is 1.61. The van der Waals surface area contributed by atoms with E-state index in [4.69, 9.17) is 0 Å². The van der Waals surface area contributed by atoms with Crippen molar-refractivity contribution in [2.75, 3.05) is 11.9 Å². The van der Waals surface area contributed by atoms with Gasteiger partial charge in [0, 0.05) is 7.05 Å². The maximum Gasteiger partial charge on any atom is 0.333 e. The molecule has 2 rings (SSSR count). The molecule has 1 atom stereocenters. The SMILES string of the molecule is CC(C)C[C@H]1C(=O)N(c2ccc(F)cn2)C(=O)N1C. The Balaban J connectivity index is 2.29. The number of halogens is 1. The van der Waals surface area contributed by atoms with Crippen LogP contribution >= 0.6 is 0 Å². The number of urea groups is 1. The van der Waals surface area contributed by atoms with Crippen molar-refractivity contribution in [2.45, 2.75) is 26.3 Å². The molecule has 19 heavy (non-hydrogen) atoms. The lowest BCUT2D eigenvalue weighted by molar-refractivity contribution is -0.119. The summed E-state index contributed by atoms with van der Waals surface area (Å²) in [5.74, 6) is -0.352. The van der Waals surface area contributed by atoms with Crippen molar-refractivity contribution >= 4 is 17.8 Å². The highest BCUT2D eigenvalue weighted by atomic mass is 19.1. The largest absolute Gasteiger partial charge is 0.333 e. The van der Waals surface area contributed by atoms with Gasteiger partial charge in [0.1, 0.15) is 17.7 Å². The molecule has 0 bridgehead atoms. The minimum atomic E-state index is -0.505. The number of carbonyl (C=O) groups is 2. The van der Waals surface area contributed by atoms with Gasteiger partial charge in [-0.15, -0.1) is 0 Å². The molecular weight excluding hydrogens is 249 g/mol. The molecule has 102 valence electrons. The fraction of sp³-hybridized carbons (Fsp3) is 0.462. The first-order chi connectivity index (χ1) is 8.91. The molecule has 2 heterocycles. The third-order valence-corrected chi connectivity index (χ3v) is 3.10. The summed E-state index contributed by atoms with van der Waals surface area (Å²) in [5, 5.41) is 0. The Labute approximate surface area is 111 Å². The molecule has 6 heteroatoms. The molecule has 1 aliphatic rings. The first kappa shape index (κ1) is 13.5. The number of anilines is 1. The number of amides is 3. The highest BCUT2D eigenvalue weighted by Gasteiger charge is 2.44. The summed E-state index contributed by atoms with van der Waals surface area (Å²) in [6.45, 7) is 3.98. The first-order valence-corrected chi connectivity index (χ1v) is 6.14. The molecule has 1 aromatic rings. The van der Waals surface area contributed by atoms with Crippen LogP contribution in [-0.4, -0.2) is 34.9 Å². The second-order valence-corrected chi connectivity index (χ2v) is 5.05. The van der Waals surface area contributed by atoms with Crippen LogP contribution in [0.5, 0.6) is 0 Å². The Hall–Kier alpha value is -1.98. The van der Waals surface area contributed by atoms with E-state index >= 15 is 0 Å². The lowest BCUT2D eigenvalue weighted by atomic mass is 10.0. The van der Waals surface area contributed by atoms with Crippen LogP contribution in [0.15, 0.2) is 18.3 Å². The van der Waals surface area contributed by atoms with Gasteiger partial charge in [0.2, 0.25) is 0 Å². The van der Waals surface area contributed by atoms with Crippen molar-refractivity contribution in [1.29, 1.82) is 0 Å². The molecule has 3 amide bonds. The average Bonchev–Trinajstić information content (AvgIpc) is 2.55. The Morgan fingerprint density at radius 3 is 2.58 bits per heavy atom. The van der Waals surface area contributed by atoms with Crippen molar-refractivity contribution in [3.63, 3.8) is 0 Å². The predicted octanol–water partition coefficient (Wildman–Crippen LogP) is 2.03. The zero-order valence-electron chi connectivity index (χ0n) is 11.1. The van der Waals surface area contributed by atoms with Crippen LogP contribution in [0.4, 0.5) is 15.0 Å². The van der Waals surface area contributed by atoms with E-state index in [0.717, 1.165) is 11.1 Å². The van der Waals surface area contributed by atoms with Crippen molar-refractivity contribution in [2.24, 2.45) is 5.92 Å². The van der Waals surface area contributed by atoms with Crippen LogP contribution in [-0.2, 0) is 4.79 Å². The smallest absolute Gasteiger partial charge is 0.315 e. The second kappa shape index (κ2) is 4.95. The average molecular weight is 265 g/mol. The summed E-state index contributed by atoms with van der Waals surface area (Å²) in [4.78, 5) is 30.6. The summed E-state index contributed by atoms with van der Waals surface area (Å²) < 4.78 is 12.8. The lowest BCUT2D eigenvalue weighted by Crippen LogP contribution is -2.32. The van der Waals surface area contributed by atoms with Gasteiger partial charge in [-0.05, 0) is 24.5 Å². The highest BCUT2D eigenvalue weighted by molar-refractivity contribution is 6.20. The van der Waals surface area contributed by atoms with Crippen LogP contribution in [0.25, 0.3) is 0 Å². The second-order valence-electron chi connectivity index (χ2n) is 5.05. The van der Waals surface area contributed by atoms with E-state index in [1.165, 1.54) is 17.0 Å². The minimum absolute atomic E-state index is 0.162. The van der Waals surface area contributed by atoms with E-state index in [0.29, 0.717) is 12.3 Å². The fourth-order valence-corrected chi connectivity index (χ4v) is 2.12. The molecule has 1 saturated heterocycles. The topological polar surface area (TPSA) is 53.5 Å². The van der Waals surface area contributed by atoms with Crippen molar-refractivity contribution in [1.82, 2.24) is 9.88 Å². The molecule has 0 N–H and O–H groups in total. The zero-order valence-corrected chi connectivity index (χ0v) is 11.1. The monoisotopic (exact) mass is 265 g/mol. The molecular formula is C13H16FN3O2. The third-order valence-electron chi connectivity index (χ3n) is 3.10. The van der Waals surface area contributed by atoms with Crippen molar-refractivity contribution < 1.29 is 14.0 Å². The Morgan fingerprint density at radius 2 is 2.05 bits per heavy atom. The zero-order chi connectivity index (χ0) is 14.2. The molecule has 0 spiro atoms. The molecule has 5 nitrogen and oxygen atoms in total. The number of hydrogen-bond acceptors (Lipinski definition) is 3. The quantitative estimate of drug-likeness (QED) is 0.786. The fourth-order valence-electron chi connectivity index (χ4n) is 2.12. The van der Waals surface area contributed by atoms with Gasteiger partial charge in [0.15, 0.2) is 0 Å². The Bertz CT molecular complexity index is 501. The number of rotatable bonds is 3. The van der Waals surface area contributed by atoms with E-state index in [1.54, 1.807) is 7.05 Å². The predicted molar refractivity (Wildman–Crippen MR) is 68.1 cm³/mol. The molecule has 0 unspecified atom stereocenters. The van der Waals surface area contributed by atoms with Crippen LogP contribution in [0.2, 0.25) is 0 Å². The van der Waals surface area contributed by atoms with Crippen LogP contribution in [0.3, 0.4) is 0 Å². The molecule has 0 aliphatic carbocycles. The van der Waals surface area contributed by atoms with E-state index < -0.39 is 17.9 Å². The summed E-state index contributed by atoms with van der Waals surface area (Å²) >= 11 is 0. The molecule has 1 aliphatic heterocycles. The molecule has 0 saturated carbocycles. The normalized spacial score (nSPS) is 19.7. The van der Waals surface area contributed by atoms with Crippen molar-refractivity contribution in [3.05, 3.63) is 24.1 Å². The number of likely N-dealkylation sites (N-methyl/N-ethyl adjacent to an activating group) is 1. The number of carbonyl (C=O) groups excluding carboxylic acids is 2. The van der Waals surface area contributed by atoms with Gasteiger partial charge in [-0.3, -0.25) is 4.79 Å². The molecule has 1 aromatic heterocycles. The van der Waals surface area contributed by atoms with Gasteiger partial charge in [0.05, 0.1) is 6.20 Å². The van der Waals surface area contributed by atoms with E-state index in [1.807, 2.05) is 13.8 Å². The molecule has 0 aromatic carbocycles. The maximum atomic E-state index is 12.8. The summed E-state index contributed by atoms with van der Waals surface area (Å²) in [5.41, 5.74) is 0. The van der Waals surface area contributed by atoms with Gasteiger partial charge in [-0.25, -0.2) is 19.1 Å². The summed E-state index contributed by atoms with van der Waals surface area (Å²) in [7, 11) is 1.59. The lowest BCUT2D eigenvalue weighted by Gasteiger charge is -2.17. The van der Waals surface area contributed by atoms with Gasteiger partial charge < -0.3 is 4.90 Å². The number of pyridine rings is 1. The highest BCUT2D eigenvalue weighted by Crippen LogP contribution is 2.25. The third kappa shape index (κ3) is 2.43. The van der Waals surface area contributed by atoms with Gasteiger partial charge in [0.25, 0.3) is 5.91 Å². The molecule has 0 radical (unpaired) electrons. The maximum absolute atomic E-state index is 12.8. The van der Waals surface area contributed by atoms with Crippen LogP contribution in [0.1, 0.15) is 20.3 Å². The minimum Gasteiger partial charge on any atom is -0.315 e. The van der Waals surface area contributed by atoms with Gasteiger partial charge in [-0.1, -0.05) is 13.8 Å². The number of hydrogen-bond donors (Lipinski definition) is 0. The van der Waals surface area contributed by atoms with Gasteiger partial charge in [-0.2, -0.15) is 0 Å². The Kier molecular flexibility index (Phi) is 3.50. The van der Waals surface area contributed by atoms with E-state index in [-0.39, 0.29) is 11.7 Å². The number of nitrogens with zero attached hydrogens (tertiary/aromatic N) is 3. The van der Waals surface area contributed by atoms with E-state index in [2.05, 4.69) is 4.98 Å².